The predicted molar refractivity (Wildman–Crippen MR) is 218 cm³/mol. The van der Waals surface area contributed by atoms with Crippen molar-refractivity contribution in [1.82, 2.24) is 9.55 Å². The molecule has 1 heterocycles. The van der Waals surface area contributed by atoms with Crippen LogP contribution < -0.4 is 27.3 Å². The zero-order chi connectivity index (χ0) is 32.4. The average molecular weight is 596 g/mol. The number of para-hydroxylation sites is 2. The number of benzene rings is 7. The number of aromatic nitrogens is 2. The summed E-state index contributed by atoms with van der Waals surface area (Å²) >= 11 is 0. The fraction of sp³-hybridized carbons (Fsp3) is 0.0250. The summed E-state index contributed by atoms with van der Waals surface area (Å²) in [6, 6.07) is 44.4. The molecule has 8 rings (SSSR count). The largest absolute Gasteiger partial charge is 0.297 e. The van der Waals surface area contributed by atoms with Crippen LogP contribution >= 0.6 is 0 Å². The first-order valence-electron chi connectivity index (χ1n) is 16.5. The number of fused-ring (bicyclic) bond motifs is 3. The minimum absolute atomic E-state index is 0.989. The second-order valence-electron chi connectivity index (χ2n) is 13.0. The maximum Gasteiger partial charge on any atom is 0.139 e. The fourth-order valence-electron chi connectivity index (χ4n) is 7.76. The molecule has 0 radical (unpaired) electrons. The van der Waals surface area contributed by atoms with Gasteiger partial charge in [-0.15, -0.1) is 16.4 Å². The van der Waals surface area contributed by atoms with Crippen molar-refractivity contribution < 1.29 is 0 Å². The minimum Gasteiger partial charge on any atom is -0.297 e. The quantitative estimate of drug-likeness (QED) is 0.225. The third-order valence-electron chi connectivity index (χ3n) is 10.5. The van der Waals surface area contributed by atoms with Crippen LogP contribution in [-0.2, 0) is 0 Å². The summed E-state index contributed by atoms with van der Waals surface area (Å²) in [6.07, 6.45) is 0. The third-order valence-corrected chi connectivity index (χ3v) is 10.5. The zero-order valence-electron chi connectivity index (χ0n) is 27.9. The lowest BCUT2D eigenvalue weighted by Gasteiger charge is -2.22. The van der Waals surface area contributed by atoms with Gasteiger partial charge in [0.25, 0.3) is 0 Å². The lowest BCUT2D eigenvalue weighted by molar-refractivity contribution is 1.00. The molecule has 0 bridgehead atoms. The molecule has 7 heteroatoms. The van der Waals surface area contributed by atoms with E-state index in [1.165, 1.54) is 82.2 Å². The molecule has 0 atom stereocenters. The average Bonchev–Trinajstić information content (AvgIpc) is 3.44. The highest BCUT2D eigenvalue weighted by Crippen LogP contribution is 2.44. The molecule has 0 spiro atoms. The van der Waals surface area contributed by atoms with Crippen molar-refractivity contribution in [2.24, 2.45) is 0 Å². The number of nitrogens with zero attached hydrogens (tertiary/aromatic N) is 2. The Morgan fingerprint density at radius 2 is 0.915 bits per heavy atom. The maximum absolute atomic E-state index is 4.80. The standard InChI is InChI=1S/C40H33B5N2/c1-22-46-31-15-6-7-16-32(31)47(22)26-19-17-23(18-20-26)33-27-11-2-4-13-29(27)34(30-14-5-3-12-28(30)33)24-9-8-10-25(21-24)35-36(41)38(43)40(45)39(44)37(35)42/h2-21H,41-45H2,1H3. The lowest BCUT2D eigenvalue weighted by Crippen LogP contribution is -2.55. The van der Waals surface area contributed by atoms with Gasteiger partial charge in [0.2, 0.25) is 0 Å². The smallest absolute Gasteiger partial charge is 0.139 e. The van der Waals surface area contributed by atoms with Crippen molar-refractivity contribution in [3.8, 4) is 39.1 Å². The van der Waals surface area contributed by atoms with E-state index in [1.807, 2.05) is 6.07 Å². The van der Waals surface area contributed by atoms with Crippen molar-refractivity contribution in [3.63, 3.8) is 0 Å². The maximum atomic E-state index is 4.80. The fourth-order valence-corrected chi connectivity index (χ4v) is 7.76. The van der Waals surface area contributed by atoms with E-state index in [4.69, 9.17) is 4.98 Å². The molecule has 0 amide bonds. The predicted octanol–water partition coefficient (Wildman–Crippen LogP) is 1.93. The van der Waals surface area contributed by atoms with Crippen molar-refractivity contribution in [3.05, 3.63) is 127 Å². The summed E-state index contributed by atoms with van der Waals surface area (Å²) < 4.78 is 2.24. The van der Waals surface area contributed by atoms with Gasteiger partial charge in [0.05, 0.1) is 11.0 Å². The molecule has 0 saturated heterocycles. The Labute approximate surface area is 280 Å². The van der Waals surface area contributed by atoms with E-state index in [9.17, 15) is 0 Å². The summed E-state index contributed by atoms with van der Waals surface area (Å²) in [5.74, 6) is 0.989. The molecule has 0 fully saturated rings. The Bertz CT molecular complexity index is 2450. The highest BCUT2D eigenvalue weighted by atomic mass is 15.1. The van der Waals surface area contributed by atoms with E-state index in [1.54, 1.807) is 0 Å². The van der Waals surface area contributed by atoms with Crippen LogP contribution in [0.2, 0.25) is 0 Å². The lowest BCUT2D eigenvalue weighted by atomic mass is 9.59. The van der Waals surface area contributed by atoms with Crippen LogP contribution in [0.1, 0.15) is 5.82 Å². The zero-order valence-corrected chi connectivity index (χ0v) is 27.9. The van der Waals surface area contributed by atoms with E-state index in [-0.39, 0.29) is 0 Å². The van der Waals surface area contributed by atoms with Gasteiger partial charge in [-0.3, -0.25) is 4.57 Å². The molecule has 0 aliphatic carbocycles. The van der Waals surface area contributed by atoms with Gasteiger partial charge < -0.3 is 0 Å². The van der Waals surface area contributed by atoms with Crippen LogP contribution in [-0.4, -0.2) is 48.8 Å². The van der Waals surface area contributed by atoms with Gasteiger partial charge in [0, 0.05) is 5.69 Å². The van der Waals surface area contributed by atoms with E-state index < -0.39 is 0 Å². The molecule has 0 aliphatic rings. The molecular formula is C40H33B5N2. The topological polar surface area (TPSA) is 17.8 Å². The number of rotatable bonds is 4. The third kappa shape index (κ3) is 4.60. The van der Waals surface area contributed by atoms with Gasteiger partial charge in [-0.25, -0.2) is 4.98 Å². The van der Waals surface area contributed by atoms with Gasteiger partial charge in [0.15, 0.2) is 0 Å². The van der Waals surface area contributed by atoms with Crippen LogP contribution in [0.3, 0.4) is 0 Å². The second kappa shape index (κ2) is 11.3. The van der Waals surface area contributed by atoms with Gasteiger partial charge in [-0.05, 0) is 92.2 Å². The summed E-state index contributed by atoms with van der Waals surface area (Å²) in [7, 11) is 11.3. The minimum atomic E-state index is 0.989. The molecule has 2 nitrogen and oxygen atoms in total. The van der Waals surface area contributed by atoms with E-state index in [2.05, 4.69) is 166 Å². The molecule has 0 unspecified atom stereocenters. The van der Waals surface area contributed by atoms with Crippen LogP contribution in [0.5, 0.6) is 0 Å². The van der Waals surface area contributed by atoms with Gasteiger partial charge in [0.1, 0.15) is 45.1 Å². The van der Waals surface area contributed by atoms with Gasteiger partial charge in [-0.1, -0.05) is 102 Å². The van der Waals surface area contributed by atoms with Gasteiger partial charge in [-0.2, -0.15) is 0 Å². The first-order valence-corrected chi connectivity index (χ1v) is 16.5. The summed E-state index contributed by atoms with van der Waals surface area (Å²) in [6.45, 7) is 2.08. The molecule has 0 saturated carbocycles. The molecule has 0 aliphatic heterocycles. The second-order valence-corrected chi connectivity index (χ2v) is 13.0. The SMILES string of the molecule is Bc1c(B)c(B)c(-c2cccc(-c3c4ccccc4c(-c4ccc(-n5c(C)nc6ccccc65)cc4)c4ccccc34)c2)c(B)c1B. The Morgan fingerprint density at radius 3 is 1.49 bits per heavy atom. The number of imidazole rings is 1. The Morgan fingerprint density at radius 1 is 0.447 bits per heavy atom. The monoisotopic (exact) mass is 596 g/mol. The van der Waals surface area contributed by atoms with Gasteiger partial charge >= 0.3 is 0 Å². The number of aryl methyl sites for hydroxylation is 1. The molecule has 0 N–H and O–H groups in total. The van der Waals surface area contributed by atoms with E-state index >= 15 is 0 Å². The normalized spacial score (nSPS) is 11.5. The highest BCUT2D eigenvalue weighted by Gasteiger charge is 2.19. The van der Waals surface area contributed by atoms with E-state index in [0.717, 1.165) is 22.5 Å². The van der Waals surface area contributed by atoms with E-state index in [0.29, 0.717) is 0 Å². The summed E-state index contributed by atoms with van der Waals surface area (Å²) in [5.41, 5.74) is 17.8. The highest BCUT2D eigenvalue weighted by molar-refractivity contribution is 6.68. The number of hydrogen-bond acceptors (Lipinski definition) is 1. The Hall–Kier alpha value is -5.15. The summed E-state index contributed by atoms with van der Waals surface area (Å²) in [5, 5.41) is 5.06. The Balaban J connectivity index is 1.33. The molecule has 218 valence electrons. The molecule has 7 aromatic carbocycles. The molecule has 1 aromatic heterocycles. The summed E-state index contributed by atoms with van der Waals surface area (Å²) in [4.78, 5) is 4.80. The Kier molecular flexibility index (Phi) is 7.02. The first kappa shape index (κ1) is 29.3. The molecule has 47 heavy (non-hydrogen) atoms. The molecular weight excluding hydrogens is 563 g/mol. The molecule has 8 aromatic rings. The first-order chi connectivity index (χ1) is 22.8. The van der Waals surface area contributed by atoms with Crippen LogP contribution in [0.4, 0.5) is 0 Å². The van der Waals surface area contributed by atoms with Crippen molar-refractivity contribution in [2.75, 3.05) is 0 Å². The number of hydrogen-bond donors (Lipinski definition) is 0. The van der Waals surface area contributed by atoms with Crippen molar-refractivity contribution >= 4 is 99.1 Å². The van der Waals surface area contributed by atoms with Crippen LogP contribution in [0, 0.1) is 6.92 Å². The van der Waals surface area contributed by atoms with Crippen LogP contribution in [0.25, 0.3) is 71.6 Å². The van der Waals surface area contributed by atoms with Crippen molar-refractivity contribution in [1.29, 1.82) is 0 Å². The van der Waals surface area contributed by atoms with Crippen molar-refractivity contribution in [2.45, 2.75) is 6.92 Å². The van der Waals surface area contributed by atoms with Crippen LogP contribution in [0.15, 0.2) is 121 Å².